The fraction of sp³-hybridized carbons (Fsp3) is 0.269. The molecule has 4 heterocycles. The van der Waals surface area contributed by atoms with Gasteiger partial charge in [0.05, 0.1) is 77.9 Å². The third-order valence-corrected chi connectivity index (χ3v) is 17.7. The van der Waals surface area contributed by atoms with Crippen LogP contribution in [-0.2, 0) is 31.1 Å². The number of hydrogen-bond donors (Lipinski definition) is 0. The molecule has 0 unspecified atom stereocenters. The van der Waals surface area contributed by atoms with E-state index in [0.29, 0.717) is 89.0 Å². The van der Waals surface area contributed by atoms with Gasteiger partial charge in [-0.25, -0.2) is 4.98 Å². The largest absolute Gasteiger partial charge is 0.306 e. The standard InChI is InChI=1S/C78H68N12/c1-9-13-21-48-31-53(42-80)70-62(35-48)61-30-47(5)29-52(41-79)69(61)88(70)67-27-19-17-25-59(67)75-85-76(87-77(86-75)90-73-56(45-83)34-51(24-16-12-4)38-65(73)66-40-58(78(6,7)8)39-57(46-84)74(66)90)60-26-18-20-28-68(60)89-71-54(43-81)32-49(22-14-10-2)36-63(71)64-37-50(23-15-11-3)33-55(44-82)72(64)89/h17-20,25-40H,9-16,21-24H2,1-8H3. The molecule has 0 N–H and O–H groups in total. The Bertz CT molecular complexity index is 5120. The Balaban J connectivity index is 1.25. The lowest BCUT2D eigenvalue weighted by Gasteiger charge is -2.20. The Morgan fingerprint density at radius 2 is 0.678 bits per heavy atom. The molecule has 0 saturated heterocycles. The van der Waals surface area contributed by atoms with Gasteiger partial charge in [0.25, 0.3) is 0 Å². The highest BCUT2D eigenvalue weighted by molar-refractivity contribution is 6.16. The molecule has 4 aromatic heterocycles. The second-order valence-corrected chi connectivity index (χ2v) is 24.9. The number of nitrogens with zero attached hydrogens (tertiary/aromatic N) is 12. The van der Waals surface area contributed by atoms with Crippen molar-refractivity contribution in [3.05, 3.63) is 188 Å². The summed E-state index contributed by atoms with van der Waals surface area (Å²) in [4.78, 5) is 16.7. The van der Waals surface area contributed by atoms with Crippen molar-refractivity contribution in [1.82, 2.24) is 28.7 Å². The van der Waals surface area contributed by atoms with Gasteiger partial charge in [0, 0.05) is 43.4 Å². The maximum atomic E-state index is 11.4. The second-order valence-electron chi connectivity index (χ2n) is 24.9. The zero-order valence-corrected chi connectivity index (χ0v) is 52.4. The first-order valence-electron chi connectivity index (χ1n) is 31.5. The van der Waals surface area contributed by atoms with Crippen LogP contribution in [0.5, 0.6) is 0 Å². The number of fused-ring (bicyclic) bond motifs is 9. The van der Waals surface area contributed by atoms with E-state index in [0.717, 1.165) is 143 Å². The van der Waals surface area contributed by atoms with Crippen molar-refractivity contribution in [3.63, 3.8) is 0 Å². The minimum absolute atomic E-state index is 0.130. The number of rotatable bonds is 17. The molecule has 0 aliphatic rings. The summed E-state index contributed by atoms with van der Waals surface area (Å²) >= 11 is 0. The summed E-state index contributed by atoms with van der Waals surface area (Å²) in [6.07, 6.45) is 10.8. The quantitative estimate of drug-likeness (QED) is 0.0852. The van der Waals surface area contributed by atoms with E-state index in [-0.39, 0.29) is 23.0 Å². The van der Waals surface area contributed by atoms with Gasteiger partial charge in [-0.15, -0.1) is 0 Å². The summed E-state index contributed by atoms with van der Waals surface area (Å²) in [5.74, 6) is 0.569. The Hall–Kier alpha value is -10.9. The molecular formula is C78H68N12. The molecule has 440 valence electrons. The molecule has 0 radical (unpaired) electrons. The maximum absolute atomic E-state index is 11.4. The van der Waals surface area contributed by atoms with Crippen LogP contribution in [0.4, 0.5) is 0 Å². The number of aryl methyl sites for hydroxylation is 5. The van der Waals surface area contributed by atoms with Gasteiger partial charge < -0.3 is 9.13 Å². The van der Waals surface area contributed by atoms with E-state index in [1.165, 1.54) is 0 Å². The first kappa shape index (κ1) is 59.4. The van der Waals surface area contributed by atoms with Crippen LogP contribution in [0.2, 0.25) is 0 Å². The van der Waals surface area contributed by atoms with Crippen molar-refractivity contribution in [1.29, 1.82) is 31.6 Å². The third-order valence-electron chi connectivity index (χ3n) is 17.7. The predicted molar refractivity (Wildman–Crippen MR) is 360 cm³/mol. The minimum atomic E-state index is -0.357. The van der Waals surface area contributed by atoms with Crippen LogP contribution in [0.25, 0.3) is 106 Å². The van der Waals surface area contributed by atoms with Crippen molar-refractivity contribution in [3.8, 4) is 76.5 Å². The number of unbranched alkanes of at least 4 members (excludes halogenated alkanes) is 4. The normalized spacial score (nSPS) is 11.6. The smallest absolute Gasteiger partial charge is 0.238 e. The molecule has 0 saturated carbocycles. The molecule has 12 nitrogen and oxygen atoms in total. The van der Waals surface area contributed by atoms with Gasteiger partial charge in [-0.3, -0.25) is 4.57 Å². The fourth-order valence-electron chi connectivity index (χ4n) is 13.4. The molecule has 0 aliphatic carbocycles. The molecule has 0 fully saturated rings. The van der Waals surface area contributed by atoms with Gasteiger partial charge in [-0.1, -0.05) is 98.4 Å². The lowest BCUT2D eigenvalue weighted by atomic mass is 9.85. The molecule has 0 atom stereocenters. The van der Waals surface area contributed by atoms with Gasteiger partial charge in [-0.05, 0) is 194 Å². The number of nitriles is 6. The van der Waals surface area contributed by atoms with Crippen LogP contribution < -0.4 is 0 Å². The maximum Gasteiger partial charge on any atom is 0.238 e. The molecule has 12 heteroatoms. The van der Waals surface area contributed by atoms with Crippen LogP contribution >= 0.6 is 0 Å². The summed E-state index contributed by atoms with van der Waals surface area (Å²) in [5.41, 5.74) is 14.1. The molecule has 0 aliphatic heterocycles. The van der Waals surface area contributed by atoms with Crippen LogP contribution in [0.3, 0.4) is 0 Å². The molecule has 0 spiro atoms. The second kappa shape index (κ2) is 24.3. The van der Waals surface area contributed by atoms with Gasteiger partial charge in [0.2, 0.25) is 5.95 Å². The van der Waals surface area contributed by atoms with Crippen LogP contribution in [0.1, 0.15) is 167 Å². The number of aromatic nitrogens is 6. The molecular weight excluding hydrogens is 1100 g/mol. The van der Waals surface area contributed by atoms with Crippen molar-refractivity contribution >= 4 is 65.4 Å². The van der Waals surface area contributed by atoms with Crippen molar-refractivity contribution in [2.24, 2.45) is 0 Å². The fourth-order valence-corrected chi connectivity index (χ4v) is 13.4. The summed E-state index contributed by atoms with van der Waals surface area (Å²) in [6.45, 7) is 17.0. The SMILES string of the molecule is CCCCc1cc(C#N)c2c(c1)c1cc(C(C)(C)C)cc(C#N)c1n2-c1nc(-c2ccccc2-n2c3c(C#N)cc(C)cc3c3cc(CCCC)cc(C#N)c32)nc(-c2ccccc2-n2c3c(C#N)cc(CCCC)cc3c3cc(CCCC)cc(C#N)c32)n1. The van der Waals surface area contributed by atoms with Crippen molar-refractivity contribution in [2.45, 2.75) is 138 Å². The van der Waals surface area contributed by atoms with Crippen LogP contribution in [-0.4, -0.2) is 28.7 Å². The van der Waals surface area contributed by atoms with E-state index in [1.807, 2.05) is 106 Å². The van der Waals surface area contributed by atoms with Gasteiger partial charge in [-0.2, -0.15) is 41.5 Å². The van der Waals surface area contributed by atoms with Crippen molar-refractivity contribution in [2.75, 3.05) is 0 Å². The lowest BCUT2D eigenvalue weighted by molar-refractivity contribution is 0.591. The Morgan fingerprint density at radius 3 is 1.02 bits per heavy atom. The highest BCUT2D eigenvalue weighted by atomic mass is 15.2. The monoisotopic (exact) mass is 1170 g/mol. The molecule has 90 heavy (non-hydrogen) atoms. The van der Waals surface area contributed by atoms with Crippen LogP contribution in [0.15, 0.2) is 121 Å². The van der Waals surface area contributed by atoms with E-state index in [4.69, 9.17) is 15.0 Å². The molecule has 0 bridgehead atoms. The number of para-hydroxylation sites is 2. The first-order valence-corrected chi connectivity index (χ1v) is 31.5. The van der Waals surface area contributed by atoms with Crippen molar-refractivity contribution < 1.29 is 0 Å². The topological polar surface area (TPSA) is 196 Å². The number of hydrogen-bond acceptors (Lipinski definition) is 9. The molecule has 12 rings (SSSR count). The van der Waals surface area contributed by atoms with E-state index in [2.05, 4.69) is 121 Å². The highest BCUT2D eigenvalue weighted by Gasteiger charge is 2.30. The average Bonchev–Trinajstić information content (AvgIpc) is 1.57. The first-order chi connectivity index (χ1) is 43.7. The van der Waals surface area contributed by atoms with Gasteiger partial charge >= 0.3 is 0 Å². The predicted octanol–water partition coefficient (Wildman–Crippen LogP) is 18.7. The van der Waals surface area contributed by atoms with Gasteiger partial charge in [0.15, 0.2) is 11.6 Å². The third kappa shape index (κ3) is 10.2. The average molecular weight is 1170 g/mol. The van der Waals surface area contributed by atoms with E-state index < -0.39 is 0 Å². The minimum Gasteiger partial charge on any atom is -0.306 e. The lowest BCUT2D eigenvalue weighted by Crippen LogP contribution is -2.12. The van der Waals surface area contributed by atoms with E-state index in [9.17, 15) is 31.6 Å². The van der Waals surface area contributed by atoms with Crippen LogP contribution in [0, 0.1) is 74.9 Å². The Labute approximate surface area is 525 Å². The zero-order chi connectivity index (χ0) is 63.1. The molecule has 12 aromatic rings. The Morgan fingerprint density at radius 1 is 0.367 bits per heavy atom. The zero-order valence-electron chi connectivity index (χ0n) is 52.4. The highest BCUT2D eigenvalue weighted by Crippen LogP contribution is 2.45. The van der Waals surface area contributed by atoms with E-state index >= 15 is 0 Å². The Kier molecular flexibility index (Phi) is 16.1. The van der Waals surface area contributed by atoms with Gasteiger partial charge in [0.1, 0.15) is 36.4 Å². The number of benzene rings is 8. The molecule has 0 amide bonds. The molecule has 8 aromatic carbocycles. The summed E-state index contributed by atoms with van der Waals surface area (Å²) in [7, 11) is 0. The summed E-state index contributed by atoms with van der Waals surface area (Å²) in [5, 5.41) is 72.5. The van der Waals surface area contributed by atoms with E-state index in [1.54, 1.807) is 0 Å². The summed E-state index contributed by atoms with van der Waals surface area (Å²) < 4.78 is 5.91. The summed E-state index contributed by atoms with van der Waals surface area (Å²) in [6, 6.07) is 55.4.